The van der Waals surface area contributed by atoms with Gasteiger partial charge in [0, 0.05) is 10.2 Å². The summed E-state index contributed by atoms with van der Waals surface area (Å²) in [6, 6.07) is 3.73. The second kappa shape index (κ2) is 6.27. The predicted molar refractivity (Wildman–Crippen MR) is 71.2 cm³/mol. The highest BCUT2D eigenvalue weighted by molar-refractivity contribution is 9.10. The van der Waals surface area contributed by atoms with Gasteiger partial charge in [-0.25, -0.2) is 0 Å². The van der Waals surface area contributed by atoms with Gasteiger partial charge in [0.1, 0.15) is 6.54 Å². The Morgan fingerprint density at radius 1 is 1.26 bits per heavy atom. The van der Waals surface area contributed by atoms with Gasteiger partial charge in [0.2, 0.25) is 5.91 Å². The van der Waals surface area contributed by atoms with E-state index in [1.54, 1.807) is 0 Å². The van der Waals surface area contributed by atoms with Crippen molar-refractivity contribution in [2.75, 3.05) is 18.4 Å². The molecule has 1 rings (SSSR count). The maximum atomic E-state index is 11.9. The first-order valence-electron chi connectivity index (χ1n) is 5.53. The quantitative estimate of drug-likeness (QED) is 0.885. The highest BCUT2D eigenvalue weighted by Crippen LogP contribution is 2.24. The van der Waals surface area contributed by atoms with Crippen LogP contribution < -0.4 is 10.6 Å². The number of carbonyl (C=O) groups is 1. The number of halogens is 4. The van der Waals surface area contributed by atoms with Crippen LogP contribution in [0.5, 0.6) is 0 Å². The first kappa shape index (κ1) is 15.8. The molecule has 0 aliphatic carbocycles. The largest absolute Gasteiger partial charge is 0.405 e. The molecule has 0 atom stereocenters. The lowest BCUT2D eigenvalue weighted by Crippen LogP contribution is -2.37. The molecule has 0 unspecified atom stereocenters. The molecule has 2 N–H and O–H groups in total. The lowest BCUT2D eigenvalue weighted by molar-refractivity contribution is -0.137. The van der Waals surface area contributed by atoms with E-state index in [4.69, 9.17) is 0 Å². The van der Waals surface area contributed by atoms with E-state index in [0.717, 1.165) is 21.3 Å². The Balaban J connectivity index is 2.56. The van der Waals surface area contributed by atoms with Crippen LogP contribution in [0.2, 0.25) is 0 Å². The zero-order chi connectivity index (χ0) is 14.6. The highest BCUT2D eigenvalue weighted by Gasteiger charge is 2.27. The Labute approximate surface area is 117 Å². The van der Waals surface area contributed by atoms with E-state index in [9.17, 15) is 18.0 Å². The summed E-state index contributed by atoms with van der Waals surface area (Å²) in [6.45, 7) is 2.20. The standard InChI is InChI=1S/C12H14BrF3N2O/c1-7-3-9(13)4-8(2)11(7)17-5-10(19)18-6-12(14,15)16/h3-4,17H,5-6H2,1-2H3,(H,18,19). The molecule has 0 heterocycles. The fraction of sp³-hybridized carbons (Fsp3) is 0.417. The molecular formula is C12H14BrF3N2O. The number of alkyl halides is 3. The van der Waals surface area contributed by atoms with Crippen LogP contribution in [0.4, 0.5) is 18.9 Å². The third-order valence-corrected chi connectivity index (χ3v) is 2.87. The summed E-state index contributed by atoms with van der Waals surface area (Å²) < 4.78 is 36.6. The predicted octanol–water partition coefficient (Wildman–Crippen LogP) is 3.16. The lowest BCUT2D eigenvalue weighted by Gasteiger charge is -2.14. The fourth-order valence-corrected chi connectivity index (χ4v) is 2.31. The van der Waals surface area contributed by atoms with Crippen LogP contribution in [-0.2, 0) is 4.79 Å². The fourth-order valence-electron chi connectivity index (χ4n) is 1.62. The Kier molecular flexibility index (Phi) is 5.22. The molecule has 3 nitrogen and oxygen atoms in total. The molecule has 0 aliphatic heterocycles. The molecule has 0 saturated carbocycles. The molecule has 1 aromatic rings. The van der Waals surface area contributed by atoms with Crippen molar-refractivity contribution in [2.45, 2.75) is 20.0 Å². The minimum Gasteiger partial charge on any atom is -0.376 e. The summed E-state index contributed by atoms with van der Waals surface area (Å²) in [5.41, 5.74) is 2.58. The minimum absolute atomic E-state index is 0.195. The third kappa shape index (κ3) is 5.50. The third-order valence-electron chi connectivity index (χ3n) is 2.41. The van der Waals surface area contributed by atoms with E-state index >= 15 is 0 Å². The van der Waals surface area contributed by atoms with E-state index in [-0.39, 0.29) is 6.54 Å². The number of rotatable bonds is 4. The Morgan fingerprint density at radius 3 is 2.26 bits per heavy atom. The van der Waals surface area contributed by atoms with Crippen LogP contribution in [0.1, 0.15) is 11.1 Å². The summed E-state index contributed by atoms with van der Waals surface area (Å²) in [4.78, 5) is 11.3. The second-order valence-corrected chi connectivity index (χ2v) is 5.08. The van der Waals surface area contributed by atoms with Crippen molar-refractivity contribution in [2.24, 2.45) is 0 Å². The van der Waals surface area contributed by atoms with Gasteiger partial charge in [0.25, 0.3) is 0 Å². The summed E-state index contributed by atoms with van der Waals surface area (Å²) in [7, 11) is 0. The smallest absolute Gasteiger partial charge is 0.376 e. The summed E-state index contributed by atoms with van der Waals surface area (Å²) >= 11 is 3.34. The summed E-state index contributed by atoms with van der Waals surface area (Å²) in [6.07, 6.45) is -4.39. The van der Waals surface area contributed by atoms with Crippen molar-refractivity contribution in [3.8, 4) is 0 Å². The van der Waals surface area contributed by atoms with Crippen molar-refractivity contribution in [3.05, 3.63) is 27.7 Å². The maximum absolute atomic E-state index is 11.9. The van der Waals surface area contributed by atoms with E-state index in [2.05, 4.69) is 21.2 Å². The normalized spacial score (nSPS) is 11.3. The number of anilines is 1. The van der Waals surface area contributed by atoms with Crippen LogP contribution in [0.15, 0.2) is 16.6 Å². The van der Waals surface area contributed by atoms with E-state index in [0.29, 0.717) is 0 Å². The zero-order valence-corrected chi connectivity index (χ0v) is 12.1. The molecule has 19 heavy (non-hydrogen) atoms. The van der Waals surface area contributed by atoms with Crippen LogP contribution in [0, 0.1) is 13.8 Å². The van der Waals surface area contributed by atoms with Crippen molar-refractivity contribution in [1.82, 2.24) is 5.32 Å². The molecule has 106 valence electrons. The molecular weight excluding hydrogens is 325 g/mol. The van der Waals surface area contributed by atoms with Gasteiger partial charge in [-0.05, 0) is 37.1 Å². The first-order valence-corrected chi connectivity index (χ1v) is 6.32. The molecule has 0 saturated heterocycles. The van der Waals surface area contributed by atoms with Gasteiger partial charge in [0.15, 0.2) is 0 Å². The average molecular weight is 339 g/mol. The van der Waals surface area contributed by atoms with Crippen molar-refractivity contribution < 1.29 is 18.0 Å². The monoisotopic (exact) mass is 338 g/mol. The number of nitrogens with one attached hydrogen (secondary N) is 2. The van der Waals surface area contributed by atoms with Crippen LogP contribution in [-0.4, -0.2) is 25.2 Å². The van der Waals surface area contributed by atoms with Crippen molar-refractivity contribution >= 4 is 27.5 Å². The summed E-state index contributed by atoms with van der Waals surface area (Å²) in [5, 5.41) is 4.65. The van der Waals surface area contributed by atoms with Gasteiger partial charge in [-0.2, -0.15) is 13.2 Å². The molecule has 0 aliphatic rings. The van der Waals surface area contributed by atoms with Gasteiger partial charge < -0.3 is 10.6 Å². The SMILES string of the molecule is Cc1cc(Br)cc(C)c1NCC(=O)NCC(F)(F)F. The Bertz CT molecular complexity index is 452. The van der Waals surface area contributed by atoms with Crippen molar-refractivity contribution in [1.29, 1.82) is 0 Å². The minimum atomic E-state index is -4.39. The molecule has 7 heteroatoms. The second-order valence-electron chi connectivity index (χ2n) is 4.16. The molecule has 1 aromatic carbocycles. The average Bonchev–Trinajstić information content (AvgIpc) is 2.23. The molecule has 0 radical (unpaired) electrons. The van der Waals surface area contributed by atoms with Gasteiger partial charge in [0.05, 0.1) is 6.54 Å². The lowest BCUT2D eigenvalue weighted by atomic mass is 10.1. The van der Waals surface area contributed by atoms with E-state index < -0.39 is 18.6 Å². The van der Waals surface area contributed by atoms with Crippen LogP contribution in [0.25, 0.3) is 0 Å². The topological polar surface area (TPSA) is 41.1 Å². The van der Waals surface area contributed by atoms with Gasteiger partial charge >= 0.3 is 6.18 Å². The molecule has 0 bridgehead atoms. The molecule has 0 spiro atoms. The molecule has 1 amide bonds. The van der Waals surface area contributed by atoms with Gasteiger partial charge in [-0.15, -0.1) is 0 Å². The number of hydrogen-bond acceptors (Lipinski definition) is 2. The van der Waals surface area contributed by atoms with Crippen LogP contribution in [0.3, 0.4) is 0 Å². The molecule has 0 aromatic heterocycles. The number of benzene rings is 1. The number of amides is 1. The van der Waals surface area contributed by atoms with Gasteiger partial charge in [-0.1, -0.05) is 15.9 Å². The number of hydrogen-bond donors (Lipinski definition) is 2. The zero-order valence-electron chi connectivity index (χ0n) is 10.5. The molecule has 0 fully saturated rings. The first-order chi connectivity index (χ1) is 8.69. The number of carbonyl (C=O) groups excluding carboxylic acids is 1. The Hall–Kier alpha value is -1.24. The van der Waals surface area contributed by atoms with Crippen LogP contribution >= 0.6 is 15.9 Å². The maximum Gasteiger partial charge on any atom is 0.405 e. The van der Waals surface area contributed by atoms with E-state index in [1.807, 2.05) is 31.3 Å². The van der Waals surface area contributed by atoms with Gasteiger partial charge in [-0.3, -0.25) is 4.79 Å². The highest BCUT2D eigenvalue weighted by atomic mass is 79.9. The Morgan fingerprint density at radius 2 is 1.79 bits per heavy atom. The van der Waals surface area contributed by atoms with E-state index in [1.165, 1.54) is 0 Å². The van der Waals surface area contributed by atoms with Crippen molar-refractivity contribution in [3.63, 3.8) is 0 Å². The number of aryl methyl sites for hydroxylation is 2. The summed E-state index contributed by atoms with van der Waals surface area (Å²) in [5.74, 6) is -0.695.